The van der Waals surface area contributed by atoms with Crippen molar-refractivity contribution in [2.24, 2.45) is 0 Å². The second-order valence-electron chi connectivity index (χ2n) is 3.48. The van der Waals surface area contributed by atoms with Crippen LogP contribution < -0.4 is 10.9 Å². The first kappa shape index (κ1) is 11.5. The van der Waals surface area contributed by atoms with Crippen molar-refractivity contribution in [3.63, 3.8) is 0 Å². The molecule has 0 unspecified atom stereocenters. The lowest BCUT2D eigenvalue weighted by atomic mass is 10.3. The van der Waals surface area contributed by atoms with E-state index in [1.165, 1.54) is 22.0 Å². The molecule has 0 atom stereocenters. The van der Waals surface area contributed by atoms with Gasteiger partial charge in [-0.15, -0.1) is 11.3 Å². The molecule has 0 aliphatic carbocycles. The Hall–Kier alpha value is -1.95. The molecule has 88 valence electrons. The molecule has 0 bridgehead atoms. The van der Waals surface area contributed by atoms with Gasteiger partial charge in [-0.25, -0.2) is 4.98 Å². The molecule has 0 spiro atoms. The van der Waals surface area contributed by atoms with Gasteiger partial charge in [0, 0.05) is 23.3 Å². The van der Waals surface area contributed by atoms with Gasteiger partial charge in [-0.1, -0.05) is 6.07 Å². The summed E-state index contributed by atoms with van der Waals surface area (Å²) in [6.07, 6.45) is 1.61. The predicted molar refractivity (Wildman–Crippen MR) is 66.2 cm³/mol. The van der Waals surface area contributed by atoms with E-state index in [1.54, 1.807) is 30.6 Å². The van der Waals surface area contributed by atoms with Gasteiger partial charge in [-0.05, 0) is 13.0 Å². The van der Waals surface area contributed by atoms with Crippen molar-refractivity contribution < 1.29 is 4.79 Å². The maximum absolute atomic E-state index is 11.7. The molecule has 0 saturated heterocycles. The van der Waals surface area contributed by atoms with Crippen molar-refractivity contribution in [2.75, 3.05) is 5.32 Å². The fourth-order valence-corrected chi connectivity index (χ4v) is 1.96. The average molecular weight is 249 g/mol. The lowest BCUT2D eigenvalue weighted by molar-refractivity contribution is -0.116. The van der Waals surface area contributed by atoms with Gasteiger partial charge in [0.1, 0.15) is 6.54 Å². The molecule has 17 heavy (non-hydrogen) atoms. The average Bonchev–Trinajstić information content (AvgIpc) is 2.76. The topological polar surface area (TPSA) is 64.0 Å². The number of hydrogen-bond donors (Lipinski definition) is 1. The molecule has 0 aromatic carbocycles. The van der Waals surface area contributed by atoms with Crippen LogP contribution in [0.4, 0.5) is 5.13 Å². The van der Waals surface area contributed by atoms with Gasteiger partial charge in [0.2, 0.25) is 5.91 Å². The Morgan fingerprint density at radius 2 is 2.35 bits per heavy atom. The SMILES string of the molecule is Cc1cccc(=O)n1CC(=O)Nc1nccs1. The first-order chi connectivity index (χ1) is 8.16. The second-order valence-corrected chi connectivity index (χ2v) is 4.37. The molecular formula is C11H11N3O2S. The number of anilines is 1. The Labute approximate surface area is 102 Å². The van der Waals surface area contributed by atoms with Crippen molar-refractivity contribution >= 4 is 22.4 Å². The second kappa shape index (κ2) is 4.92. The normalized spacial score (nSPS) is 10.2. The summed E-state index contributed by atoms with van der Waals surface area (Å²) < 4.78 is 1.42. The predicted octanol–water partition coefficient (Wildman–Crippen LogP) is 1.25. The summed E-state index contributed by atoms with van der Waals surface area (Å²) in [5, 5.41) is 4.95. The fraction of sp³-hybridized carbons (Fsp3) is 0.182. The number of nitrogens with one attached hydrogen (secondary N) is 1. The zero-order valence-corrected chi connectivity index (χ0v) is 10.0. The lowest BCUT2D eigenvalue weighted by Crippen LogP contribution is -2.28. The first-order valence-electron chi connectivity index (χ1n) is 5.02. The molecule has 2 heterocycles. The largest absolute Gasteiger partial charge is 0.304 e. The molecule has 0 saturated carbocycles. The van der Waals surface area contributed by atoms with E-state index in [9.17, 15) is 9.59 Å². The summed E-state index contributed by atoms with van der Waals surface area (Å²) >= 11 is 1.34. The van der Waals surface area contributed by atoms with Crippen LogP contribution in [0.25, 0.3) is 0 Å². The van der Waals surface area contributed by atoms with E-state index in [-0.39, 0.29) is 18.0 Å². The highest BCUT2D eigenvalue weighted by molar-refractivity contribution is 7.13. The van der Waals surface area contributed by atoms with Crippen molar-refractivity contribution in [3.8, 4) is 0 Å². The highest BCUT2D eigenvalue weighted by Gasteiger charge is 2.07. The number of thiazole rings is 1. The molecule has 2 aromatic rings. The van der Waals surface area contributed by atoms with E-state index < -0.39 is 0 Å². The van der Waals surface area contributed by atoms with E-state index in [1.807, 2.05) is 0 Å². The van der Waals surface area contributed by atoms with Gasteiger partial charge in [-0.3, -0.25) is 9.59 Å². The number of aromatic nitrogens is 2. The Balaban J connectivity index is 2.11. The van der Waals surface area contributed by atoms with Gasteiger partial charge < -0.3 is 9.88 Å². The third kappa shape index (κ3) is 2.79. The molecule has 2 aromatic heterocycles. The number of rotatable bonds is 3. The molecule has 0 fully saturated rings. The van der Waals surface area contributed by atoms with Crippen LogP contribution in [-0.2, 0) is 11.3 Å². The number of carbonyl (C=O) groups excluding carboxylic acids is 1. The minimum Gasteiger partial charge on any atom is -0.304 e. The zero-order valence-electron chi connectivity index (χ0n) is 9.21. The molecule has 0 radical (unpaired) electrons. The third-order valence-corrected chi connectivity index (χ3v) is 2.94. The number of aryl methyl sites for hydroxylation is 1. The number of hydrogen-bond acceptors (Lipinski definition) is 4. The Kier molecular flexibility index (Phi) is 3.34. The Bertz CT molecular complexity index is 575. The van der Waals surface area contributed by atoms with Crippen LogP contribution in [0.1, 0.15) is 5.69 Å². The standard InChI is InChI=1S/C11H11N3O2S/c1-8-3-2-4-10(16)14(8)7-9(15)13-11-12-5-6-17-11/h2-6H,7H2,1H3,(H,12,13,15). The summed E-state index contributed by atoms with van der Waals surface area (Å²) in [5.74, 6) is -0.253. The minimum absolute atomic E-state index is 0.00505. The monoisotopic (exact) mass is 249 g/mol. The minimum atomic E-state index is -0.253. The molecule has 5 nitrogen and oxygen atoms in total. The Morgan fingerprint density at radius 3 is 3.00 bits per heavy atom. The molecular weight excluding hydrogens is 238 g/mol. The van der Waals surface area contributed by atoms with Gasteiger partial charge in [0.25, 0.3) is 5.56 Å². The van der Waals surface area contributed by atoms with E-state index >= 15 is 0 Å². The smallest absolute Gasteiger partial charge is 0.251 e. The summed E-state index contributed by atoms with van der Waals surface area (Å²) in [5.41, 5.74) is 0.575. The molecule has 1 N–H and O–H groups in total. The van der Waals surface area contributed by atoms with Crippen LogP contribution in [0.2, 0.25) is 0 Å². The quantitative estimate of drug-likeness (QED) is 0.890. The van der Waals surface area contributed by atoms with Gasteiger partial charge in [0.05, 0.1) is 0 Å². The molecule has 6 heteroatoms. The molecule has 1 amide bonds. The zero-order chi connectivity index (χ0) is 12.3. The van der Waals surface area contributed by atoms with Gasteiger partial charge in [0.15, 0.2) is 5.13 Å². The van der Waals surface area contributed by atoms with E-state index in [2.05, 4.69) is 10.3 Å². The third-order valence-electron chi connectivity index (χ3n) is 2.25. The molecule has 2 rings (SSSR count). The van der Waals surface area contributed by atoms with Crippen LogP contribution in [0.15, 0.2) is 34.6 Å². The summed E-state index contributed by atoms with van der Waals surface area (Å²) in [6, 6.07) is 4.90. The summed E-state index contributed by atoms with van der Waals surface area (Å²) in [7, 11) is 0. The number of amides is 1. The first-order valence-corrected chi connectivity index (χ1v) is 5.90. The van der Waals surface area contributed by atoms with E-state index in [0.717, 1.165) is 5.69 Å². The molecule has 0 aliphatic heterocycles. The van der Waals surface area contributed by atoms with Crippen LogP contribution in [0, 0.1) is 6.92 Å². The number of carbonyl (C=O) groups is 1. The van der Waals surface area contributed by atoms with Crippen LogP contribution >= 0.6 is 11.3 Å². The van der Waals surface area contributed by atoms with Crippen molar-refractivity contribution in [1.29, 1.82) is 0 Å². The number of pyridine rings is 1. The van der Waals surface area contributed by atoms with Crippen LogP contribution in [0.3, 0.4) is 0 Å². The summed E-state index contributed by atoms with van der Waals surface area (Å²) in [6.45, 7) is 1.79. The van der Waals surface area contributed by atoms with Crippen molar-refractivity contribution in [1.82, 2.24) is 9.55 Å². The fourth-order valence-electron chi connectivity index (χ4n) is 1.41. The summed E-state index contributed by atoms with van der Waals surface area (Å²) in [4.78, 5) is 27.2. The number of nitrogens with zero attached hydrogens (tertiary/aromatic N) is 2. The van der Waals surface area contributed by atoms with Crippen molar-refractivity contribution in [2.45, 2.75) is 13.5 Å². The maximum atomic E-state index is 11.7. The molecule has 0 aliphatic rings. The highest BCUT2D eigenvalue weighted by atomic mass is 32.1. The Morgan fingerprint density at radius 1 is 1.53 bits per heavy atom. The van der Waals surface area contributed by atoms with Crippen LogP contribution in [-0.4, -0.2) is 15.5 Å². The lowest BCUT2D eigenvalue weighted by Gasteiger charge is -2.08. The van der Waals surface area contributed by atoms with E-state index in [0.29, 0.717) is 5.13 Å². The van der Waals surface area contributed by atoms with E-state index in [4.69, 9.17) is 0 Å². The van der Waals surface area contributed by atoms with Gasteiger partial charge >= 0.3 is 0 Å². The van der Waals surface area contributed by atoms with Crippen LogP contribution in [0.5, 0.6) is 0 Å². The maximum Gasteiger partial charge on any atom is 0.251 e. The van der Waals surface area contributed by atoms with Gasteiger partial charge in [-0.2, -0.15) is 0 Å². The highest BCUT2D eigenvalue weighted by Crippen LogP contribution is 2.10. The van der Waals surface area contributed by atoms with Crippen molar-refractivity contribution in [3.05, 3.63) is 45.8 Å².